The molecule has 0 N–H and O–H groups in total. The van der Waals surface area contributed by atoms with Gasteiger partial charge in [-0.2, -0.15) is 0 Å². The summed E-state index contributed by atoms with van der Waals surface area (Å²) in [5.74, 6) is 0.568. The van der Waals surface area contributed by atoms with Gasteiger partial charge >= 0.3 is 5.69 Å². The van der Waals surface area contributed by atoms with Crippen LogP contribution in [0.4, 0.5) is 5.69 Å². The maximum Gasteiger partial charge on any atom is 0.332 e. The van der Waals surface area contributed by atoms with Gasteiger partial charge in [0.25, 0.3) is 11.2 Å². The largest absolute Gasteiger partial charge is 0.332 e. The van der Waals surface area contributed by atoms with Gasteiger partial charge in [0.1, 0.15) is 5.65 Å². The van der Waals surface area contributed by atoms with Crippen molar-refractivity contribution in [2.24, 2.45) is 14.1 Å². The van der Waals surface area contributed by atoms with Crippen LogP contribution in [-0.4, -0.2) is 19.0 Å². The van der Waals surface area contributed by atoms with Gasteiger partial charge in [0.2, 0.25) is 0 Å². The SMILES string of the molecule is CC(C)c1cnc2c(c1SCc1cccc([N+](=O)[O-])c1)c(=O)n(C)c(=O)n2C. The molecule has 0 aliphatic carbocycles. The first-order valence-electron chi connectivity index (χ1n) is 8.67. The van der Waals surface area contributed by atoms with Crippen molar-refractivity contribution in [1.82, 2.24) is 14.1 Å². The zero-order chi connectivity index (χ0) is 20.6. The number of nitro benzene ring substituents is 1. The van der Waals surface area contributed by atoms with Gasteiger partial charge in [-0.15, -0.1) is 11.8 Å². The molecule has 0 aliphatic heterocycles. The number of rotatable bonds is 5. The van der Waals surface area contributed by atoms with E-state index in [-0.39, 0.29) is 11.6 Å². The summed E-state index contributed by atoms with van der Waals surface area (Å²) in [5, 5.41) is 11.4. The van der Waals surface area contributed by atoms with Crippen LogP contribution in [0.2, 0.25) is 0 Å². The number of nitro groups is 1. The Balaban J connectivity index is 2.17. The molecule has 0 bridgehead atoms. The van der Waals surface area contributed by atoms with Crippen molar-refractivity contribution in [3.05, 3.63) is 72.5 Å². The second-order valence-corrected chi connectivity index (χ2v) is 7.80. The number of hydrogen-bond acceptors (Lipinski definition) is 6. The topological polar surface area (TPSA) is 100 Å². The summed E-state index contributed by atoms with van der Waals surface area (Å²) in [6.07, 6.45) is 1.70. The Morgan fingerprint density at radius 3 is 2.57 bits per heavy atom. The summed E-state index contributed by atoms with van der Waals surface area (Å²) in [7, 11) is 3.03. The number of thioether (sulfide) groups is 1. The molecule has 1 aromatic carbocycles. The van der Waals surface area contributed by atoms with Crippen molar-refractivity contribution in [3.8, 4) is 0 Å². The average molecular weight is 400 g/mol. The minimum Gasteiger partial charge on any atom is -0.280 e. The molecule has 0 fully saturated rings. The van der Waals surface area contributed by atoms with Crippen LogP contribution in [-0.2, 0) is 19.8 Å². The Bertz CT molecular complexity index is 1200. The molecule has 2 aromatic heterocycles. The number of pyridine rings is 1. The first-order chi connectivity index (χ1) is 13.2. The van der Waals surface area contributed by atoms with Gasteiger partial charge in [0.05, 0.1) is 10.3 Å². The monoisotopic (exact) mass is 400 g/mol. The molecule has 0 amide bonds. The van der Waals surface area contributed by atoms with E-state index in [0.717, 1.165) is 20.6 Å². The number of aromatic nitrogens is 3. The van der Waals surface area contributed by atoms with Crippen molar-refractivity contribution in [1.29, 1.82) is 0 Å². The van der Waals surface area contributed by atoms with E-state index >= 15 is 0 Å². The van der Waals surface area contributed by atoms with Crippen molar-refractivity contribution < 1.29 is 4.92 Å². The molecule has 0 atom stereocenters. The second kappa shape index (κ2) is 7.59. The van der Waals surface area contributed by atoms with E-state index in [0.29, 0.717) is 16.8 Å². The Morgan fingerprint density at radius 1 is 1.21 bits per heavy atom. The molecular weight excluding hydrogens is 380 g/mol. The van der Waals surface area contributed by atoms with Crippen molar-refractivity contribution >= 4 is 28.5 Å². The van der Waals surface area contributed by atoms with Crippen LogP contribution in [0.1, 0.15) is 30.9 Å². The third-order valence-corrected chi connectivity index (χ3v) is 5.78. The number of nitrogens with zero attached hydrogens (tertiary/aromatic N) is 4. The third-order valence-electron chi connectivity index (χ3n) is 4.58. The highest BCUT2D eigenvalue weighted by Gasteiger charge is 2.19. The molecule has 9 heteroatoms. The third kappa shape index (κ3) is 3.45. The van der Waals surface area contributed by atoms with Gasteiger partial charge in [-0.3, -0.25) is 24.0 Å². The highest BCUT2D eigenvalue weighted by molar-refractivity contribution is 7.98. The highest BCUT2D eigenvalue weighted by atomic mass is 32.2. The fraction of sp³-hybridized carbons (Fsp3) is 0.316. The van der Waals surface area contributed by atoms with E-state index in [1.165, 1.54) is 35.5 Å². The Morgan fingerprint density at radius 2 is 1.93 bits per heavy atom. The predicted octanol–water partition coefficient (Wildman–Crippen LogP) is 2.96. The van der Waals surface area contributed by atoms with E-state index in [1.807, 2.05) is 19.9 Å². The Labute approximate surface area is 165 Å². The quantitative estimate of drug-likeness (QED) is 0.371. The highest BCUT2D eigenvalue weighted by Crippen LogP contribution is 2.34. The molecule has 8 nitrogen and oxygen atoms in total. The average Bonchev–Trinajstić information content (AvgIpc) is 2.68. The molecule has 0 unspecified atom stereocenters. The summed E-state index contributed by atoms with van der Waals surface area (Å²) in [5.41, 5.74) is 1.21. The van der Waals surface area contributed by atoms with Crippen LogP contribution in [0.15, 0.2) is 44.9 Å². The summed E-state index contributed by atoms with van der Waals surface area (Å²) in [4.78, 5) is 40.8. The molecule has 0 saturated heterocycles. The van der Waals surface area contributed by atoms with Crippen molar-refractivity contribution in [2.75, 3.05) is 0 Å². The number of non-ortho nitro benzene ring substituents is 1. The molecule has 0 spiro atoms. The predicted molar refractivity (Wildman–Crippen MR) is 109 cm³/mol. The molecular formula is C19H20N4O4S. The van der Waals surface area contributed by atoms with Crippen molar-refractivity contribution in [3.63, 3.8) is 0 Å². The molecule has 0 saturated carbocycles. The number of aryl methyl sites for hydroxylation is 1. The van der Waals surface area contributed by atoms with Crippen LogP contribution < -0.4 is 11.2 Å². The van der Waals surface area contributed by atoms with E-state index in [2.05, 4.69) is 4.98 Å². The minimum absolute atomic E-state index is 0.0279. The van der Waals surface area contributed by atoms with Crippen molar-refractivity contribution in [2.45, 2.75) is 30.4 Å². The normalized spacial score (nSPS) is 11.3. The van der Waals surface area contributed by atoms with Crippen LogP contribution in [0, 0.1) is 10.1 Å². The van der Waals surface area contributed by atoms with Crippen LogP contribution >= 0.6 is 11.8 Å². The van der Waals surface area contributed by atoms with Gasteiger partial charge < -0.3 is 0 Å². The van der Waals surface area contributed by atoms with E-state index in [9.17, 15) is 19.7 Å². The molecule has 146 valence electrons. The van der Waals surface area contributed by atoms with Gasteiger partial charge in [-0.1, -0.05) is 26.0 Å². The van der Waals surface area contributed by atoms with Gasteiger partial charge in [0.15, 0.2) is 0 Å². The lowest BCUT2D eigenvalue weighted by Gasteiger charge is -2.16. The fourth-order valence-electron chi connectivity index (χ4n) is 3.00. The zero-order valence-electron chi connectivity index (χ0n) is 16.0. The molecule has 3 rings (SSSR count). The first kappa shape index (κ1) is 19.8. The summed E-state index contributed by atoms with van der Waals surface area (Å²) < 4.78 is 2.43. The molecule has 28 heavy (non-hydrogen) atoms. The van der Waals surface area contributed by atoms with Gasteiger partial charge in [0, 0.05) is 43.1 Å². The molecule has 2 heterocycles. The van der Waals surface area contributed by atoms with Gasteiger partial charge in [-0.25, -0.2) is 9.78 Å². The number of benzene rings is 1. The molecule has 0 radical (unpaired) electrons. The van der Waals surface area contributed by atoms with Crippen LogP contribution in [0.5, 0.6) is 0 Å². The molecule has 3 aromatic rings. The summed E-state index contributed by atoms with van der Waals surface area (Å²) in [6.45, 7) is 4.01. The van der Waals surface area contributed by atoms with E-state index in [4.69, 9.17) is 0 Å². The molecule has 0 aliphatic rings. The second-order valence-electron chi connectivity index (χ2n) is 6.82. The van der Waals surface area contributed by atoms with E-state index < -0.39 is 16.2 Å². The lowest BCUT2D eigenvalue weighted by atomic mass is 10.0. The lowest BCUT2D eigenvalue weighted by molar-refractivity contribution is -0.384. The Hall–Kier alpha value is -2.94. The van der Waals surface area contributed by atoms with Gasteiger partial charge in [-0.05, 0) is 17.0 Å². The standard InChI is InChI=1S/C19H20N4O4S/c1-11(2)14-9-20-17-15(18(24)22(4)19(25)21(17)3)16(14)28-10-12-6-5-7-13(8-12)23(26)27/h5-9,11H,10H2,1-4H3. The Kier molecular flexibility index (Phi) is 5.37. The fourth-order valence-corrected chi connectivity index (χ4v) is 4.27. The zero-order valence-corrected chi connectivity index (χ0v) is 16.8. The summed E-state index contributed by atoms with van der Waals surface area (Å²) >= 11 is 1.42. The first-order valence-corrected chi connectivity index (χ1v) is 9.65. The van der Waals surface area contributed by atoms with Crippen LogP contribution in [0.3, 0.4) is 0 Å². The minimum atomic E-state index is -0.433. The summed E-state index contributed by atoms with van der Waals surface area (Å²) in [6, 6.07) is 6.43. The van der Waals surface area contributed by atoms with Crippen LogP contribution in [0.25, 0.3) is 11.0 Å². The van der Waals surface area contributed by atoms with E-state index in [1.54, 1.807) is 19.3 Å². The maximum absolute atomic E-state index is 12.9. The number of fused-ring (bicyclic) bond motifs is 1. The lowest BCUT2D eigenvalue weighted by Crippen LogP contribution is -2.37. The number of hydrogen-bond donors (Lipinski definition) is 0. The smallest absolute Gasteiger partial charge is 0.280 e. The maximum atomic E-state index is 12.9.